The van der Waals surface area contributed by atoms with Crippen LogP contribution in [0.4, 0.5) is 0 Å². The number of amides is 1. The lowest BCUT2D eigenvalue weighted by atomic mass is 9.71. The molecule has 1 saturated carbocycles. The molecule has 0 aromatic carbocycles. The van der Waals surface area contributed by atoms with Crippen LogP contribution in [0.1, 0.15) is 46.0 Å². The van der Waals surface area contributed by atoms with Crippen LogP contribution in [0.5, 0.6) is 0 Å². The van der Waals surface area contributed by atoms with E-state index in [4.69, 9.17) is 5.73 Å². The van der Waals surface area contributed by atoms with E-state index < -0.39 is 0 Å². The van der Waals surface area contributed by atoms with Crippen LogP contribution in [0.2, 0.25) is 0 Å². The first-order valence-corrected chi connectivity index (χ1v) is 7.05. The maximum absolute atomic E-state index is 11.6. The Morgan fingerprint density at radius 2 is 2.12 bits per heavy atom. The van der Waals surface area contributed by atoms with Gasteiger partial charge in [-0.1, -0.05) is 26.7 Å². The second-order valence-electron chi connectivity index (χ2n) is 6.38. The number of carbonyl (C=O) groups is 1. The highest BCUT2D eigenvalue weighted by molar-refractivity contribution is 5.78. The highest BCUT2D eigenvalue weighted by atomic mass is 16.1. The Labute approximate surface area is 105 Å². The van der Waals surface area contributed by atoms with E-state index >= 15 is 0 Å². The molecule has 1 heterocycles. The number of hydrogen-bond donors (Lipinski definition) is 2. The number of rotatable bonds is 2. The average molecular weight is 238 g/mol. The van der Waals surface area contributed by atoms with Crippen molar-refractivity contribution in [3.63, 3.8) is 0 Å². The Hall–Kier alpha value is -0.570. The van der Waals surface area contributed by atoms with E-state index in [-0.39, 0.29) is 17.2 Å². The van der Waals surface area contributed by atoms with Crippen LogP contribution in [0.3, 0.4) is 0 Å². The molecule has 1 amide bonds. The minimum Gasteiger partial charge on any atom is -0.369 e. The summed E-state index contributed by atoms with van der Waals surface area (Å²) in [6.45, 7) is 6.43. The summed E-state index contributed by atoms with van der Waals surface area (Å²) in [6, 6.07) is 0. The zero-order valence-electron chi connectivity index (χ0n) is 11.2. The molecule has 1 aliphatic carbocycles. The maximum Gasteiger partial charge on any atom is 0.222 e. The van der Waals surface area contributed by atoms with Crippen LogP contribution in [0.15, 0.2) is 0 Å². The first kappa shape index (κ1) is 12.9. The van der Waals surface area contributed by atoms with E-state index in [0.29, 0.717) is 0 Å². The van der Waals surface area contributed by atoms with Crippen LogP contribution in [-0.2, 0) is 4.79 Å². The Morgan fingerprint density at radius 1 is 1.35 bits per heavy atom. The van der Waals surface area contributed by atoms with Crippen LogP contribution >= 0.6 is 0 Å². The highest BCUT2D eigenvalue weighted by Gasteiger charge is 2.46. The van der Waals surface area contributed by atoms with Gasteiger partial charge in [-0.3, -0.25) is 4.79 Å². The van der Waals surface area contributed by atoms with Crippen molar-refractivity contribution in [2.75, 3.05) is 13.1 Å². The summed E-state index contributed by atoms with van der Waals surface area (Å²) in [6.07, 6.45) is 6.20. The Morgan fingerprint density at radius 3 is 2.76 bits per heavy atom. The Bertz CT molecular complexity index is 290. The number of primary amides is 1. The van der Waals surface area contributed by atoms with E-state index in [2.05, 4.69) is 19.2 Å². The molecule has 2 rings (SSSR count). The van der Waals surface area contributed by atoms with Crippen molar-refractivity contribution in [3.05, 3.63) is 0 Å². The zero-order chi connectivity index (χ0) is 12.5. The third-order valence-electron chi connectivity index (χ3n) is 5.11. The quantitative estimate of drug-likeness (QED) is 0.772. The SMILES string of the molecule is CC(C)C1CCCC2(CC1)CNCC2C(N)=O. The Balaban J connectivity index is 2.08. The van der Waals surface area contributed by atoms with Crippen LogP contribution in [0.25, 0.3) is 0 Å². The topological polar surface area (TPSA) is 55.1 Å². The standard InChI is InChI=1S/C14H26N2O/c1-10(2)11-4-3-6-14(7-5-11)9-16-8-12(14)13(15)17/h10-12,16H,3-9H2,1-2H3,(H2,15,17). The molecular weight excluding hydrogens is 212 g/mol. The summed E-state index contributed by atoms with van der Waals surface area (Å²) >= 11 is 0. The molecule has 2 aliphatic rings. The first-order chi connectivity index (χ1) is 8.05. The highest BCUT2D eigenvalue weighted by Crippen LogP contribution is 2.45. The van der Waals surface area contributed by atoms with Crippen molar-refractivity contribution < 1.29 is 4.79 Å². The van der Waals surface area contributed by atoms with Crippen LogP contribution < -0.4 is 11.1 Å². The zero-order valence-corrected chi connectivity index (χ0v) is 11.2. The normalized spacial score (nSPS) is 38.5. The third kappa shape index (κ3) is 2.49. The summed E-state index contributed by atoms with van der Waals surface area (Å²) in [5, 5.41) is 3.39. The number of hydrogen-bond acceptors (Lipinski definition) is 2. The van der Waals surface area contributed by atoms with Gasteiger partial charge in [0.15, 0.2) is 0 Å². The Kier molecular flexibility index (Phi) is 3.76. The number of nitrogens with two attached hydrogens (primary N) is 1. The fourth-order valence-corrected chi connectivity index (χ4v) is 3.86. The summed E-state index contributed by atoms with van der Waals surface area (Å²) in [5.41, 5.74) is 5.75. The largest absolute Gasteiger partial charge is 0.369 e. The van der Waals surface area contributed by atoms with Crippen LogP contribution in [-0.4, -0.2) is 19.0 Å². The van der Waals surface area contributed by atoms with Crippen molar-refractivity contribution in [1.29, 1.82) is 0 Å². The van der Waals surface area contributed by atoms with Gasteiger partial charge in [0, 0.05) is 13.1 Å². The van der Waals surface area contributed by atoms with Gasteiger partial charge < -0.3 is 11.1 Å². The molecule has 1 saturated heterocycles. The fourth-order valence-electron chi connectivity index (χ4n) is 3.86. The van der Waals surface area contributed by atoms with Crippen molar-refractivity contribution >= 4 is 5.91 Å². The van der Waals surface area contributed by atoms with Crippen molar-refractivity contribution in [2.45, 2.75) is 46.0 Å². The second kappa shape index (κ2) is 4.97. The van der Waals surface area contributed by atoms with Gasteiger partial charge in [-0.05, 0) is 36.5 Å². The predicted octanol–water partition coefficient (Wildman–Crippen LogP) is 1.91. The van der Waals surface area contributed by atoms with E-state index in [1.54, 1.807) is 0 Å². The number of nitrogens with one attached hydrogen (secondary N) is 1. The monoisotopic (exact) mass is 238 g/mol. The van der Waals surface area contributed by atoms with Gasteiger partial charge >= 0.3 is 0 Å². The maximum atomic E-state index is 11.6. The first-order valence-electron chi connectivity index (χ1n) is 7.05. The minimum absolute atomic E-state index is 0.0633. The van der Waals surface area contributed by atoms with Gasteiger partial charge in [0.05, 0.1) is 5.92 Å². The molecule has 3 unspecified atom stereocenters. The molecular formula is C14H26N2O. The molecule has 2 fully saturated rings. The fraction of sp³-hybridized carbons (Fsp3) is 0.929. The molecule has 0 radical (unpaired) electrons. The van der Waals surface area contributed by atoms with Crippen molar-refractivity contribution in [2.24, 2.45) is 28.9 Å². The molecule has 3 heteroatoms. The smallest absolute Gasteiger partial charge is 0.222 e. The van der Waals surface area contributed by atoms with Gasteiger partial charge in [-0.15, -0.1) is 0 Å². The molecule has 1 aliphatic heterocycles. The van der Waals surface area contributed by atoms with E-state index in [9.17, 15) is 4.79 Å². The molecule has 0 aromatic heterocycles. The number of carbonyl (C=O) groups excluding carboxylic acids is 1. The molecule has 0 bridgehead atoms. The van der Waals surface area contributed by atoms with Gasteiger partial charge in [0.1, 0.15) is 0 Å². The molecule has 3 N–H and O–H groups in total. The summed E-state index contributed by atoms with van der Waals surface area (Å²) in [4.78, 5) is 11.6. The van der Waals surface area contributed by atoms with Crippen LogP contribution in [0, 0.1) is 23.2 Å². The van der Waals surface area contributed by atoms with Crippen molar-refractivity contribution in [3.8, 4) is 0 Å². The lowest BCUT2D eigenvalue weighted by Gasteiger charge is -2.32. The average Bonchev–Trinajstić information content (AvgIpc) is 2.53. The lowest BCUT2D eigenvalue weighted by molar-refractivity contribution is -0.124. The molecule has 3 nitrogen and oxygen atoms in total. The van der Waals surface area contributed by atoms with Gasteiger partial charge in [-0.2, -0.15) is 0 Å². The lowest BCUT2D eigenvalue weighted by Crippen LogP contribution is -2.38. The van der Waals surface area contributed by atoms with E-state index in [1.165, 1.54) is 32.1 Å². The minimum atomic E-state index is -0.0991. The third-order valence-corrected chi connectivity index (χ3v) is 5.11. The second-order valence-corrected chi connectivity index (χ2v) is 6.38. The molecule has 17 heavy (non-hydrogen) atoms. The van der Waals surface area contributed by atoms with E-state index in [1.807, 2.05) is 0 Å². The molecule has 98 valence electrons. The van der Waals surface area contributed by atoms with Gasteiger partial charge in [0.25, 0.3) is 0 Å². The predicted molar refractivity (Wildman–Crippen MR) is 69.4 cm³/mol. The molecule has 3 atom stereocenters. The summed E-state index contributed by atoms with van der Waals surface area (Å²) in [5.74, 6) is 1.57. The van der Waals surface area contributed by atoms with Crippen molar-refractivity contribution in [1.82, 2.24) is 5.32 Å². The summed E-state index contributed by atoms with van der Waals surface area (Å²) in [7, 11) is 0. The summed E-state index contributed by atoms with van der Waals surface area (Å²) < 4.78 is 0. The molecule has 1 spiro atoms. The molecule has 0 aromatic rings. The van der Waals surface area contributed by atoms with Gasteiger partial charge in [-0.25, -0.2) is 0 Å². The van der Waals surface area contributed by atoms with Gasteiger partial charge in [0.2, 0.25) is 5.91 Å². The van der Waals surface area contributed by atoms with E-state index in [0.717, 1.165) is 24.9 Å².